The van der Waals surface area contributed by atoms with Crippen molar-refractivity contribution in [2.45, 2.75) is 46.5 Å². The fourth-order valence-electron chi connectivity index (χ4n) is 2.72. The first-order chi connectivity index (χ1) is 8.36. The molecular formula is C14H19IO2S. The number of carbonyl (C=O) groups is 1. The lowest BCUT2D eigenvalue weighted by Crippen LogP contribution is -2.28. The summed E-state index contributed by atoms with van der Waals surface area (Å²) in [6.45, 7) is 6.91. The Balaban J connectivity index is 2.32. The van der Waals surface area contributed by atoms with Crippen molar-refractivity contribution in [3.8, 4) is 0 Å². The number of hydrogen-bond donors (Lipinski definition) is 1. The summed E-state index contributed by atoms with van der Waals surface area (Å²) in [6.07, 6.45) is 4.30. The minimum absolute atomic E-state index is 0.358. The molecule has 0 bridgehead atoms. The lowest BCUT2D eigenvalue weighted by atomic mass is 9.69. The molecule has 0 fully saturated rings. The summed E-state index contributed by atoms with van der Waals surface area (Å²) in [4.78, 5) is 12.6. The van der Waals surface area contributed by atoms with E-state index in [-0.39, 0.29) is 0 Å². The fraction of sp³-hybridized carbons (Fsp3) is 0.643. The molecule has 1 aliphatic carbocycles. The summed E-state index contributed by atoms with van der Waals surface area (Å²) in [5.74, 6) is -0.0730. The first-order valence-electron chi connectivity index (χ1n) is 6.40. The van der Waals surface area contributed by atoms with E-state index in [0.717, 1.165) is 27.7 Å². The van der Waals surface area contributed by atoms with Crippen LogP contribution in [-0.4, -0.2) is 11.1 Å². The van der Waals surface area contributed by atoms with Crippen LogP contribution in [-0.2, 0) is 12.8 Å². The fourth-order valence-corrected chi connectivity index (χ4v) is 5.22. The Kier molecular flexibility index (Phi) is 4.07. The van der Waals surface area contributed by atoms with E-state index in [1.54, 1.807) is 11.3 Å². The van der Waals surface area contributed by atoms with Crippen molar-refractivity contribution in [3.63, 3.8) is 0 Å². The average Bonchev–Trinajstić information content (AvgIpc) is 2.63. The van der Waals surface area contributed by atoms with Gasteiger partial charge in [0.25, 0.3) is 0 Å². The molecule has 0 saturated heterocycles. The molecular weight excluding hydrogens is 359 g/mol. The van der Waals surface area contributed by atoms with Crippen molar-refractivity contribution in [2.24, 2.45) is 11.3 Å². The molecule has 1 unspecified atom stereocenters. The summed E-state index contributed by atoms with van der Waals surface area (Å²) >= 11 is 3.85. The number of carboxylic acids is 1. The third kappa shape index (κ3) is 2.46. The molecule has 0 aliphatic heterocycles. The Labute approximate surface area is 126 Å². The predicted octanol–water partition coefficient (Wildman–Crippen LogP) is 4.59. The van der Waals surface area contributed by atoms with Gasteiger partial charge in [-0.05, 0) is 58.7 Å². The molecule has 18 heavy (non-hydrogen) atoms. The van der Waals surface area contributed by atoms with Gasteiger partial charge in [0.2, 0.25) is 0 Å². The maximum absolute atomic E-state index is 11.3. The van der Waals surface area contributed by atoms with Crippen LogP contribution in [0.4, 0.5) is 0 Å². The van der Waals surface area contributed by atoms with E-state index in [1.807, 2.05) is 0 Å². The van der Waals surface area contributed by atoms with E-state index >= 15 is 0 Å². The van der Waals surface area contributed by atoms with E-state index in [2.05, 4.69) is 43.4 Å². The number of thiophene rings is 1. The smallest absolute Gasteiger partial charge is 0.337 e. The molecule has 1 heterocycles. The Bertz CT molecular complexity index is 476. The van der Waals surface area contributed by atoms with Crippen LogP contribution >= 0.6 is 33.9 Å². The van der Waals surface area contributed by atoms with E-state index in [0.29, 0.717) is 16.9 Å². The number of rotatable bonds is 3. The van der Waals surface area contributed by atoms with Gasteiger partial charge in [-0.15, -0.1) is 11.3 Å². The topological polar surface area (TPSA) is 37.3 Å². The summed E-state index contributed by atoms with van der Waals surface area (Å²) < 4.78 is 0.944. The zero-order valence-corrected chi connectivity index (χ0v) is 14.0. The van der Waals surface area contributed by atoms with Crippen molar-refractivity contribution in [1.82, 2.24) is 0 Å². The van der Waals surface area contributed by atoms with E-state index in [1.165, 1.54) is 11.3 Å². The maximum Gasteiger partial charge on any atom is 0.337 e. The highest BCUT2D eigenvalue weighted by molar-refractivity contribution is 14.1. The van der Waals surface area contributed by atoms with E-state index in [9.17, 15) is 9.90 Å². The summed E-state index contributed by atoms with van der Waals surface area (Å²) in [7, 11) is 0. The van der Waals surface area contributed by atoms with Crippen LogP contribution in [0.3, 0.4) is 0 Å². The zero-order valence-electron chi connectivity index (χ0n) is 11.0. The van der Waals surface area contributed by atoms with Gasteiger partial charge < -0.3 is 5.11 Å². The molecule has 2 rings (SSSR count). The highest BCUT2D eigenvalue weighted by Crippen LogP contribution is 2.44. The highest BCUT2D eigenvalue weighted by Gasteiger charge is 2.34. The predicted molar refractivity (Wildman–Crippen MR) is 83.6 cm³/mol. The van der Waals surface area contributed by atoms with Gasteiger partial charge in [0.15, 0.2) is 0 Å². The summed E-state index contributed by atoms with van der Waals surface area (Å²) in [5, 5.41) is 9.28. The summed E-state index contributed by atoms with van der Waals surface area (Å²) in [5.41, 5.74) is 2.04. The van der Waals surface area contributed by atoms with Crippen molar-refractivity contribution in [1.29, 1.82) is 0 Å². The minimum Gasteiger partial charge on any atom is -0.478 e. The molecule has 0 aromatic carbocycles. The van der Waals surface area contributed by atoms with Crippen molar-refractivity contribution in [3.05, 3.63) is 18.9 Å². The SMILES string of the molecule is CCC(C)(C)C1CCc2c(sc(I)c2C(=O)O)C1. The first-order valence-corrected chi connectivity index (χ1v) is 8.29. The third-order valence-electron chi connectivity index (χ3n) is 4.45. The normalized spacial score (nSPS) is 19.7. The van der Waals surface area contributed by atoms with Crippen LogP contribution in [0.25, 0.3) is 0 Å². The van der Waals surface area contributed by atoms with Gasteiger partial charge in [-0.2, -0.15) is 0 Å². The molecule has 1 aromatic rings. The average molecular weight is 378 g/mol. The molecule has 0 amide bonds. The second-order valence-corrected chi connectivity index (χ2v) is 8.66. The Morgan fingerprint density at radius 3 is 2.78 bits per heavy atom. The zero-order chi connectivity index (χ0) is 13.5. The molecule has 0 saturated carbocycles. The molecule has 1 N–H and O–H groups in total. The van der Waals surface area contributed by atoms with Crippen LogP contribution < -0.4 is 0 Å². The van der Waals surface area contributed by atoms with Crippen molar-refractivity contribution < 1.29 is 9.90 Å². The first kappa shape index (κ1) is 14.3. The van der Waals surface area contributed by atoms with Gasteiger partial charge in [0.05, 0.1) is 8.45 Å². The van der Waals surface area contributed by atoms with Crippen LogP contribution in [0, 0.1) is 14.2 Å². The van der Waals surface area contributed by atoms with E-state index in [4.69, 9.17) is 0 Å². The minimum atomic E-state index is -0.759. The van der Waals surface area contributed by atoms with Crippen LogP contribution in [0.15, 0.2) is 0 Å². The van der Waals surface area contributed by atoms with Gasteiger partial charge in [0, 0.05) is 4.88 Å². The maximum atomic E-state index is 11.3. The lowest BCUT2D eigenvalue weighted by Gasteiger charge is -2.36. The number of fused-ring (bicyclic) bond motifs is 1. The molecule has 2 nitrogen and oxygen atoms in total. The molecule has 0 radical (unpaired) electrons. The van der Waals surface area contributed by atoms with Gasteiger partial charge in [0.1, 0.15) is 0 Å². The second-order valence-electron chi connectivity index (χ2n) is 5.74. The molecule has 1 atom stereocenters. The Morgan fingerprint density at radius 1 is 1.56 bits per heavy atom. The molecule has 100 valence electrons. The largest absolute Gasteiger partial charge is 0.478 e. The third-order valence-corrected chi connectivity index (χ3v) is 6.70. The summed E-state index contributed by atoms with van der Waals surface area (Å²) in [6, 6.07) is 0. The second kappa shape index (κ2) is 5.12. The van der Waals surface area contributed by atoms with Crippen LogP contribution in [0.2, 0.25) is 0 Å². The van der Waals surface area contributed by atoms with Gasteiger partial charge in [-0.25, -0.2) is 4.79 Å². The number of aromatic carboxylic acids is 1. The molecule has 1 aromatic heterocycles. The Hall–Kier alpha value is -0.100. The monoisotopic (exact) mass is 378 g/mol. The standard InChI is InChI=1S/C14H19IO2S/c1-4-14(2,3)8-5-6-9-10(7-8)18-12(15)11(9)13(16)17/h8H,4-7H2,1-3H3,(H,16,17). The lowest BCUT2D eigenvalue weighted by molar-refractivity contribution is 0.0694. The molecule has 1 aliphatic rings. The van der Waals surface area contributed by atoms with E-state index < -0.39 is 5.97 Å². The Morgan fingerprint density at radius 2 is 2.22 bits per heavy atom. The van der Waals surface area contributed by atoms with Gasteiger partial charge >= 0.3 is 5.97 Å². The van der Waals surface area contributed by atoms with Crippen LogP contribution in [0.1, 0.15) is 54.4 Å². The molecule has 0 spiro atoms. The van der Waals surface area contributed by atoms with Crippen LogP contribution in [0.5, 0.6) is 0 Å². The molecule has 4 heteroatoms. The number of carboxylic acid groups (broad SMARTS) is 1. The quantitative estimate of drug-likeness (QED) is 0.781. The van der Waals surface area contributed by atoms with Gasteiger partial charge in [-0.1, -0.05) is 27.2 Å². The highest BCUT2D eigenvalue weighted by atomic mass is 127. The van der Waals surface area contributed by atoms with Crippen molar-refractivity contribution in [2.75, 3.05) is 0 Å². The van der Waals surface area contributed by atoms with Gasteiger partial charge in [-0.3, -0.25) is 0 Å². The number of halogens is 1. The van der Waals surface area contributed by atoms with Crippen molar-refractivity contribution >= 4 is 39.9 Å². The number of hydrogen-bond acceptors (Lipinski definition) is 2.